The van der Waals surface area contributed by atoms with Crippen LogP contribution in [0.25, 0.3) is 265 Å². The van der Waals surface area contributed by atoms with Gasteiger partial charge in [0.25, 0.3) is 0 Å². The van der Waals surface area contributed by atoms with Crippen molar-refractivity contribution in [1.29, 1.82) is 0 Å². The molecule has 7 aromatic heterocycles. The van der Waals surface area contributed by atoms with Crippen LogP contribution in [0.1, 0.15) is 0 Å². The highest BCUT2D eigenvalue weighted by atomic mass is 16.3. The predicted molar refractivity (Wildman–Crippen MR) is 616 cm³/mol. The summed E-state index contributed by atoms with van der Waals surface area (Å²) in [4.78, 5) is 4.91. The van der Waals surface area contributed by atoms with Gasteiger partial charge in [0.15, 0.2) is 5.58 Å². The van der Waals surface area contributed by atoms with Crippen LogP contribution in [-0.4, -0.2) is 32.4 Å². The highest BCUT2D eigenvalue weighted by Crippen LogP contribution is 2.47. The highest BCUT2D eigenvalue weighted by molar-refractivity contribution is 6.22. The summed E-state index contributed by atoms with van der Waals surface area (Å²) in [6.07, 6.45) is 0. The summed E-state index contributed by atoms with van der Waals surface area (Å²) >= 11 is 0. The quantitative estimate of drug-likeness (QED) is 0.109. The summed E-state index contributed by atoms with van der Waals surface area (Å²) in [5.74, 6) is 0.630. The average Bonchev–Trinajstić information content (AvgIpc) is 1.56. The maximum absolute atomic E-state index is 6.59. The molecule has 147 heavy (non-hydrogen) atoms. The molecule has 0 aliphatic carbocycles. The van der Waals surface area contributed by atoms with Gasteiger partial charge in [-0.1, -0.05) is 346 Å². The Bertz CT molecular complexity index is 10300. The number of fused-ring (bicyclic) bond motifs is 20. The van der Waals surface area contributed by atoms with Gasteiger partial charge < -0.3 is 31.8 Å². The molecule has 23 aromatic carbocycles. The SMILES string of the molecule is c1ccc(-c2ccc(-c3ccc4c(c3)c3cc(-c5ccc6c(c5)c5ccccc5n6-c5ccccc5)ccc3n4-c3ccccc3)cc2)cc1.c1ccc(-c2ccc(-n3c4ccc(-c5ccccc5)cc4c4cc(-c5ccc6c7ccccc7n(-c7ccccc7)c6c5)ccc43)cc2)cc1.c1ccc(-c2nc3ccc4c(c5cc(-c6ccc7c(c6)c6ccccc6n7-c6ccccc6)ccc5n4-c4ccccc4)c3o2)cc1. The number of rotatable bonds is 14. The lowest BCUT2D eigenvalue weighted by Crippen LogP contribution is -1.94. The molecule has 0 unspecified atom stereocenters. The summed E-state index contributed by atoms with van der Waals surface area (Å²) in [7, 11) is 0. The molecule has 0 spiro atoms. The van der Waals surface area contributed by atoms with Crippen molar-refractivity contribution in [3.05, 3.63) is 552 Å². The van der Waals surface area contributed by atoms with E-state index >= 15 is 0 Å². The van der Waals surface area contributed by atoms with Crippen LogP contribution >= 0.6 is 0 Å². The van der Waals surface area contributed by atoms with Crippen molar-refractivity contribution >= 4 is 142 Å². The van der Waals surface area contributed by atoms with Gasteiger partial charge in [-0.3, -0.25) is 0 Å². The molecule has 0 amide bonds. The van der Waals surface area contributed by atoms with E-state index in [2.05, 4.69) is 549 Å². The Balaban J connectivity index is 0.000000107. The molecule has 0 saturated heterocycles. The van der Waals surface area contributed by atoms with E-state index in [0.29, 0.717) is 5.89 Å². The van der Waals surface area contributed by atoms with E-state index < -0.39 is 0 Å². The van der Waals surface area contributed by atoms with Gasteiger partial charge in [0.1, 0.15) is 5.52 Å². The second kappa shape index (κ2) is 35.8. The molecule has 30 aromatic rings. The predicted octanol–water partition coefficient (Wildman–Crippen LogP) is 37.1. The highest BCUT2D eigenvalue weighted by Gasteiger charge is 2.25. The van der Waals surface area contributed by atoms with E-state index in [1.807, 2.05) is 30.3 Å². The number of para-hydroxylation sites is 8. The van der Waals surface area contributed by atoms with Crippen molar-refractivity contribution in [3.8, 4) is 123 Å². The van der Waals surface area contributed by atoms with E-state index in [-0.39, 0.29) is 0 Å². The van der Waals surface area contributed by atoms with Crippen molar-refractivity contribution in [2.45, 2.75) is 0 Å². The molecule has 8 nitrogen and oxygen atoms in total. The van der Waals surface area contributed by atoms with Crippen LogP contribution in [-0.2, 0) is 0 Å². The van der Waals surface area contributed by atoms with Gasteiger partial charge in [-0.15, -0.1) is 0 Å². The summed E-state index contributed by atoms with van der Waals surface area (Å²) in [6, 6.07) is 199. The van der Waals surface area contributed by atoms with E-state index in [4.69, 9.17) is 9.40 Å². The number of aromatic nitrogens is 7. The van der Waals surface area contributed by atoms with E-state index in [9.17, 15) is 0 Å². The van der Waals surface area contributed by atoms with Crippen LogP contribution in [0.5, 0.6) is 0 Å². The Morgan fingerprint density at radius 1 is 0.129 bits per heavy atom. The number of oxazole rings is 1. The van der Waals surface area contributed by atoms with Gasteiger partial charge in [0.05, 0.1) is 71.6 Å². The first-order valence-electron chi connectivity index (χ1n) is 50.3. The number of nitrogens with zero attached hydrogens (tertiary/aromatic N) is 7. The van der Waals surface area contributed by atoms with E-state index in [1.54, 1.807) is 0 Å². The second-order valence-electron chi connectivity index (χ2n) is 38.0. The van der Waals surface area contributed by atoms with Crippen molar-refractivity contribution < 1.29 is 4.42 Å². The number of hydrogen-bond donors (Lipinski definition) is 0. The van der Waals surface area contributed by atoms with Crippen LogP contribution in [0.2, 0.25) is 0 Å². The first-order valence-corrected chi connectivity index (χ1v) is 50.3. The normalized spacial score (nSPS) is 11.7. The topological polar surface area (TPSA) is 55.6 Å². The monoisotopic (exact) mass is 1870 g/mol. The fraction of sp³-hybridized carbons (Fsp3) is 0. The molecule has 0 atom stereocenters. The van der Waals surface area contributed by atoms with Gasteiger partial charge >= 0.3 is 0 Å². The molecule has 0 bridgehead atoms. The zero-order valence-corrected chi connectivity index (χ0v) is 80.1. The van der Waals surface area contributed by atoms with Crippen molar-refractivity contribution in [1.82, 2.24) is 32.4 Å². The van der Waals surface area contributed by atoms with Crippen molar-refractivity contribution in [2.24, 2.45) is 0 Å². The Morgan fingerprint density at radius 2 is 0.333 bits per heavy atom. The Labute approximate surface area is 848 Å². The minimum absolute atomic E-state index is 0.630. The molecular formula is C139H91N7O. The molecule has 0 saturated carbocycles. The number of benzene rings is 23. The van der Waals surface area contributed by atoms with Crippen molar-refractivity contribution in [2.75, 3.05) is 0 Å². The second-order valence-corrected chi connectivity index (χ2v) is 38.0. The molecule has 0 radical (unpaired) electrons. The first-order chi connectivity index (χ1) is 72.9. The molecule has 0 aliphatic rings. The third kappa shape index (κ3) is 14.9. The van der Waals surface area contributed by atoms with E-state index in [0.717, 1.165) is 66.8 Å². The maximum atomic E-state index is 6.59. The van der Waals surface area contributed by atoms with Gasteiger partial charge in [0, 0.05) is 98.9 Å². The smallest absolute Gasteiger partial charge is 0.227 e. The largest absolute Gasteiger partial charge is 0.435 e. The molecule has 0 N–H and O–H groups in total. The zero-order chi connectivity index (χ0) is 96.9. The van der Waals surface area contributed by atoms with Crippen LogP contribution in [0.15, 0.2) is 556 Å². The standard InChI is InChI=1S/2C48H32N2.C43H27N3O/c1-4-12-33(13-5-1)35-20-25-40(26-21-35)49-46-28-23-36(34-14-6-2-7-15-34)30-43(46)44-31-37(24-29-47(44)49)38-22-27-42-41-18-10-11-19-45(41)50(48(42)32-38)39-16-8-3-9-17-39;1-4-12-33(13-5-1)34-20-22-35(23-21-34)36-24-27-47-43(30-36)44-32-38(26-29-48(44)50(47)40-16-8-3-9-17-40)37-25-28-46-42(31-37)41-18-10-11-19-45(41)49(46)39-14-6-2-7-15-39;1-4-12-28(13-5-1)43-44-36-22-25-40-41(42(36)47-43)35-27-30(21-24-39(35)46(40)32-16-8-3-9-17-32)29-20-23-38-34(26-29)33-18-10-11-19-37(33)45(38)31-14-6-2-7-15-31/h2*1-32H;1-27H. The molecule has 0 aliphatic heterocycles. The molecule has 688 valence electrons. The summed E-state index contributed by atoms with van der Waals surface area (Å²) in [6.45, 7) is 0. The maximum Gasteiger partial charge on any atom is 0.227 e. The Hall–Kier alpha value is -19.7. The summed E-state index contributed by atoms with van der Waals surface area (Å²) in [5.41, 5.74) is 40.7. The third-order valence-electron chi connectivity index (χ3n) is 29.6. The molecular weight excluding hydrogens is 1780 g/mol. The summed E-state index contributed by atoms with van der Waals surface area (Å²) < 4.78 is 20.9. The average molecular weight is 1880 g/mol. The Morgan fingerprint density at radius 3 is 0.687 bits per heavy atom. The minimum atomic E-state index is 0.630. The third-order valence-corrected chi connectivity index (χ3v) is 29.6. The van der Waals surface area contributed by atoms with Crippen LogP contribution < -0.4 is 0 Å². The van der Waals surface area contributed by atoms with Gasteiger partial charge in [-0.25, -0.2) is 4.98 Å². The lowest BCUT2D eigenvalue weighted by molar-refractivity contribution is 0.623. The van der Waals surface area contributed by atoms with Crippen LogP contribution in [0, 0.1) is 0 Å². The lowest BCUT2D eigenvalue weighted by atomic mass is 9.98. The molecule has 7 heterocycles. The molecule has 30 rings (SSSR count). The van der Waals surface area contributed by atoms with E-state index in [1.165, 1.54) is 193 Å². The molecule has 8 heteroatoms. The van der Waals surface area contributed by atoms with Gasteiger partial charge in [0.2, 0.25) is 5.89 Å². The first kappa shape index (κ1) is 85.3. The molecule has 0 fully saturated rings. The van der Waals surface area contributed by atoms with Crippen LogP contribution in [0.3, 0.4) is 0 Å². The van der Waals surface area contributed by atoms with Gasteiger partial charge in [-0.2, -0.15) is 0 Å². The fourth-order valence-corrected chi connectivity index (χ4v) is 22.7. The summed E-state index contributed by atoms with van der Waals surface area (Å²) in [5, 5.41) is 14.7. The Kier molecular flexibility index (Phi) is 20.8. The van der Waals surface area contributed by atoms with Gasteiger partial charge in [-0.05, 0) is 284 Å². The minimum Gasteiger partial charge on any atom is -0.435 e. The lowest BCUT2D eigenvalue weighted by Gasteiger charge is -2.11. The van der Waals surface area contributed by atoms with Crippen LogP contribution in [0.4, 0.5) is 0 Å². The van der Waals surface area contributed by atoms with Crippen molar-refractivity contribution in [3.63, 3.8) is 0 Å². The number of hydrogen-bond acceptors (Lipinski definition) is 2. The fourth-order valence-electron chi connectivity index (χ4n) is 22.7. The zero-order valence-electron chi connectivity index (χ0n) is 80.1.